The van der Waals surface area contributed by atoms with E-state index in [0.717, 1.165) is 29.0 Å². The number of nitrogens with one attached hydrogen (secondary N) is 2. The molecule has 2 unspecified atom stereocenters. The van der Waals surface area contributed by atoms with Crippen molar-refractivity contribution in [3.8, 4) is 0 Å². The standard InChI is InChI=1S/C22H22F2N4O3/c23-15-8-9-17(16(24)11-15)26-19(29)13-27-18-7-4-10-25-20(18)21(30)28(22(27)31)12-14-5-2-1-3-6-14/h1-3,5-6,8-9,11,18,20,25H,4,7,10,12-13H2,(H,26,29). The Balaban J connectivity index is 1.54. The normalized spacial score (nSPS) is 21.1. The molecule has 2 aromatic carbocycles. The SMILES string of the molecule is O=C(CN1C(=O)N(Cc2ccccc2)C(=O)C2NCCCC21)Nc1ccc(F)cc1F. The number of piperidine rings is 1. The topological polar surface area (TPSA) is 81.8 Å². The number of carbonyl (C=O) groups excluding carboxylic acids is 3. The van der Waals surface area contributed by atoms with Gasteiger partial charge in [0.15, 0.2) is 0 Å². The largest absolute Gasteiger partial charge is 0.327 e. The molecule has 4 rings (SSSR count). The van der Waals surface area contributed by atoms with Crippen LogP contribution in [0.5, 0.6) is 0 Å². The van der Waals surface area contributed by atoms with Crippen molar-refractivity contribution in [1.82, 2.24) is 15.1 Å². The summed E-state index contributed by atoms with van der Waals surface area (Å²) in [5, 5.41) is 5.54. The van der Waals surface area contributed by atoms with Gasteiger partial charge in [-0.2, -0.15) is 0 Å². The van der Waals surface area contributed by atoms with E-state index in [4.69, 9.17) is 0 Å². The molecule has 0 aliphatic carbocycles. The van der Waals surface area contributed by atoms with Gasteiger partial charge in [0.05, 0.1) is 18.3 Å². The Kier molecular flexibility index (Phi) is 5.94. The molecule has 2 fully saturated rings. The number of hydrogen-bond donors (Lipinski definition) is 2. The summed E-state index contributed by atoms with van der Waals surface area (Å²) in [5.41, 5.74) is 0.614. The van der Waals surface area contributed by atoms with Crippen LogP contribution in [0.2, 0.25) is 0 Å². The molecule has 9 heteroatoms. The number of benzene rings is 2. The third kappa shape index (κ3) is 4.41. The van der Waals surface area contributed by atoms with Gasteiger partial charge in [0, 0.05) is 6.07 Å². The van der Waals surface area contributed by atoms with E-state index in [1.54, 1.807) is 0 Å². The van der Waals surface area contributed by atoms with Gasteiger partial charge in [-0.15, -0.1) is 0 Å². The first-order valence-electron chi connectivity index (χ1n) is 10.1. The molecular formula is C22H22F2N4O3. The van der Waals surface area contributed by atoms with E-state index in [0.29, 0.717) is 19.0 Å². The van der Waals surface area contributed by atoms with Crippen molar-refractivity contribution in [2.45, 2.75) is 31.5 Å². The van der Waals surface area contributed by atoms with Gasteiger partial charge in [0.2, 0.25) is 11.8 Å². The van der Waals surface area contributed by atoms with Crippen molar-refractivity contribution in [3.05, 3.63) is 65.7 Å². The molecule has 0 spiro atoms. The van der Waals surface area contributed by atoms with Gasteiger partial charge >= 0.3 is 6.03 Å². The number of carbonyl (C=O) groups is 3. The van der Waals surface area contributed by atoms with Gasteiger partial charge in [0.25, 0.3) is 0 Å². The lowest BCUT2D eigenvalue weighted by Crippen LogP contribution is -2.70. The first-order valence-corrected chi connectivity index (χ1v) is 10.1. The minimum absolute atomic E-state index is 0.0914. The first-order chi connectivity index (χ1) is 14.9. The van der Waals surface area contributed by atoms with Crippen molar-refractivity contribution in [2.75, 3.05) is 18.4 Å². The van der Waals surface area contributed by atoms with Gasteiger partial charge in [-0.3, -0.25) is 14.5 Å². The summed E-state index contributed by atoms with van der Waals surface area (Å²) in [5.74, 6) is -2.61. The number of fused-ring (bicyclic) bond motifs is 1. The number of nitrogens with zero attached hydrogens (tertiary/aromatic N) is 2. The second kappa shape index (κ2) is 8.81. The summed E-state index contributed by atoms with van der Waals surface area (Å²) >= 11 is 0. The highest BCUT2D eigenvalue weighted by atomic mass is 19.1. The van der Waals surface area contributed by atoms with E-state index >= 15 is 0 Å². The number of rotatable bonds is 5. The maximum absolute atomic E-state index is 13.9. The van der Waals surface area contributed by atoms with Gasteiger partial charge in [0.1, 0.15) is 24.2 Å². The second-order valence-electron chi connectivity index (χ2n) is 7.63. The van der Waals surface area contributed by atoms with Crippen molar-refractivity contribution in [3.63, 3.8) is 0 Å². The van der Waals surface area contributed by atoms with Gasteiger partial charge in [-0.25, -0.2) is 13.6 Å². The van der Waals surface area contributed by atoms with Crippen LogP contribution >= 0.6 is 0 Å². The molecule has 0 aromatic heterocycles. The molecule has 7 nitrogen and oxygen atoms in total. The molecule has 0 bridgehead atoms. The van der Waals surface area contributed by atoms with E-state index in [1.165, 1.54) is 4.90 Å². The van der Waals surface area contributed by atoms with Crippen LogP contribution in [0.3, 0.4) is 0 Å². The number of halogens is 2. The number of imide groups is 1. The third-order valence-electron chi connectivity index (χ3n) is 5.54. The molecule has 162 valence electrons. The lowest BCUT2D eigenvalue weighted by atomic mass is 9.93. The zero-order chi connectivity index (χ0) is 22.0. The van der Waals surface area contributed by atoms with Crippen LogP contribution < -0.4 is 10.6 Å². The van der Waals surface area contributed by atoms with Crippen LogP contribution in [0.1, 0.15) is 18.4 Å². The number of urea groups is 1. The minimum Gasteiger partial charge on any atom is -0.322 e. The first kappa shape index (κ1) is 20.9. The minimum atomic E-state index is -0.906. The van der Waals surface area contributed by atoms with E-state index in [1.807, 2.05) is 30.3 Å². The van der Waals surface area contributed by atoms with Crippen molar-refractivity contribution in [1.29, 1.82) is 0 Å². The highest BCUT2D eigenvalue weighted by Crippen LogP contribution is 2.26. The Labute approximate surface area is 178 Å². The van der Waals surface area contributed by atoms with Crippen LogP contribution in [0.4, 0.5) is 19.3 Å². The van der Waals surface area contributed by atoms with Crippen molar-refractivity contribution < 1.29 is 23.2 Å². The van der Waals surface area contributed by atoms with Crippen LogP contribution in [0.15, 0.2) is 48.5 Å². The molecule has 0 saturated carbocycles. The molecule has 4 amide bonds. The van der Waals surface area contributed by atoms with E-state index in [-0.39, 0.29) is 24.7 Å². The zero-order valence-corrected chi connectivity index (χ0v) is 16.7. The molecular weight excluding hydrogens is 406 g/mol. The summed E-state index contributed by atoms with van der Waals surface area (Å²) in [6.45, 7) is 0.381. The fraction of sp³-hybridized carbons (Fsp3) is 0.318. The fourth-order valence-electron chi connectivity index (χ4n) is 4.05. The molecule has 2 N–H and O–H groups in total. The Morgan fingerprint density at radius 1 is 1.13 bits per heavy atom. The van der Waals surface area contributed by atoms with Crippen LogP contribution in [0.25, 0.3) is 0 Å². The number of amides is 4. The summed E-state index contributed by atoms with van der Waals surface area (Å²) in [7, 11) is 0. The van der Waals surface area contributed by atoms with Crippen LogP contribution in [-0.2, 0) is 16.1 Å². The second-order valence-corrected chi connectivity index (χ2v) is 7.63. The summed E-state index contributed by atoms with van der Waals surface area (Å²) in [6, 6.07) is 10.3. The Morgan fingerprint density at radius 3 is 2.65 bits per heavy atom. The molecule has 31 heavy (non-hydrogen) atoms. The zero-order valence-electron chi connectivity index (χ0n) is 16.7. The molecule has 2 heterocycles. The van der Waals surface area contributed by atoms with E-state index in [9.17, 15) is 23.2 Å². The van der Waals surface area contributed by atoms with E-state index in [2.05, 4.69) is 10.6 Å². The molecule has 2 aromatic rings. The van der Waals surface area contributed by atoms with Gasteiger partial charge in [-0.1, -0.05) is 30.3 Å². The van der Waals surface area contributed by atoms with Crippen molar-refractivity contribution in [2.24, 2.45) is 0 Å². The number of anilines is 1. The maximum atomic E-state index is 13.9. The Hall–Kier alpha value is -3.33. The average Bonchev–Trinajstić information content (AvgIpc) is 2.77. The molecule has 0 radical (unpaired) electrons. The quantitative estimate of drug-likeness (QED) is 0.767. The summed E-state index contributed by atoms with van der Waals surface area (Å²) in [6.07, 6.45) is 1.33. The maximum Gasteiger partial charge on any atom is 0.327 e. The van der Waals surface area contributed by atoms with E-state index < -0.39 is 35.7 Å². The van der Waals surface area contributed by atoms with Gasteiger partial charge in [-0.05, 0) is 37.1 Å². The van der Waals surface area contributed by atoms with Gasteiger partial charge < -0.3 is 15.5 Å². The predicted octanol–water partition coefficient (Wildman–Crippen LogP) is 2.49. The Bertz CT molecular complexity index is 1000. The van der Waals surface area contributed by atoms with Crippen LogP contribution in [0, 0.1) is 11.6 Å². The molecule has 2 aliphatic rings. The van der Waals surface area contributed by atoms with Crippen LogP contribution in [-0.4, -0.2) is 52.8 Å². The lowest BCUT2D eigenvalue weighted by Gasteiger charge is -2.46. The summed E-state index contributed by atoms with van der Waals surface area (Å²) < 4.78 is 27.0. The molecule has 2 aliphatic heterocycles. The molecule has 2 atom stereocenters. The Morgan fingerprint density at radius 2 is 1.90 bits per heavy atom. The molecule has 2 saturated heterocycles. The number of hydrogen-bond acceptors (Lipinski definition) is 4. The van der Waals surface area contributed by atoms with Crippen molar-refractivity contribution >= 4 is 23.5 Å². The summed E-state index contributed by atoms with van der Waals surface area (Å²) in [4.78, 5) is 41.3. The lowest BCUT2D eigenvalue weighted by molar-refractivity contribution is -0.138. The fourth-order valence-corrected chi connectivity index (χ4v) is 4.05. The highest BCUT2D eigenvalue weighted by molar-refractivity contribution is 6.02. The third-order valence-corrected chi connectivity index (χ3v) is 5.54. The smallest absolute Gasteiger partial charge is 0.322 e. The monoisotopic (exact) mass is 428 g/mol. The average molecular weight is 428 g/mol. The highest BCUT2D eigenvalue weighted by Gasteiger charge is 2.47. The predicted molar refractivity (Wildman–Crippen MR) is 109 cm³/mol.